The number of rotatable bonds is 5. The quantitative estimate of drug-likeness (QED) is 0.809. The molecule has 4 nitrogen and oxygen atoms in total. The molecular weight excluding hydrogens is 320 g/mol. The number of amides is 1. The molecule has 1 amide bonds. The third kappa shape index (κ3) is 4.80. The molecule has 0 aromatic heterocycles. The van der Waals surface area contributed by atoms with Crippen molar-refractivity contribution in [2.75, 3.05) is 13.2 Å². The summed E-state index contributed by atoms with van der Waals surface area (Å²) in [7, 11) is 0. The SMILES string of the molecule is NC1CCCC(C(=O)NCCOc2ccc(Br)cc2)C1. The van der Waals surface area contributed by atoms with Crippen LogP contribution in [0.2, 0.25) is 0 Å². The summed E-state index contributed by atoms with van der Waals surface area (Å²) < 4.78 is 6.58. The van der Waals surface area contributed by atoms with E-state index in [4.69, 9.17) is 10.5 Å². The van der Waals surface area contributed by atoms with Gasteiger partial charge < -0.3 is 15.8 Å². The average molecular weight is 341 g/mol. The monoisotopic (exact) mass is 340 g/mol. The highest BCUT2D eigenvalue weighted by Crippen LogP contribution is 2.23. The average Bonchev–Trinajstić information content (AvgIpc) is 2.45. The Bertz CT molecular complexity index is 436. The van der Waals surface area contributed by atoms with Crippen LogP contribution in [0.15, 0.2) is 28.7 Å². The van der Waals surface area contributed by atoms with Gasteiger partial charge in [-0.05, 0) is 43.5 Å². The van der Waals surface area contributed by atoms with Crippen LogP contribution in [0.5, 0.6) is 5.75 Å². The second-order valence-corrected chi connectivity index (χ2v) is 6.13. The summed E-state index contributed by atoms with van der Waals surface area (Å²) in [6.45, 7) is 1.01. The Labute approximate surface area is 128 Å². The fourth-order valence-electron chi connectivity index (χ4n) is 2.48. The van der Waals surface area contributed by atoms with Crippen molar-refractivity contribution in [1.29, 1.82) is 0 Å². The van der Waals surface area contributed by atoms with E-state index in [0.717, 1.165) is 35.9 Å². The third-order valence-electron chi connectivity index (χ3n) is 3.57. The minimum Gasteiger partial charge on any atom is -0.492 e. The highest BCUT2D eigenvalue weighted by atomic mass is 79.9. The molecule has 5 heteroatoms. The van der Waals surface area contributed by atoms with E-state index >= 15 is 0 Å². The molecule has 1 aliphatic rings. The summed E-state index contributed by atoms with van der Waals surface area (Å²) in [6, 6.07) is 7.82. The highest BCUT2D eigenvalue weighted by Gasteiger charge is 2.24. The fourth-order valence-corrected chi connectivity index (χ4v) is 2.75. The number of nitrogens with one attached hydrogen (secondary N) is 1. The number of hydrogen-bond donors (Lipinski definition) is 2. The van der Waals surface area contributed by atoms with E-state index in [1.54, 1.807) is 0 Å². The van der Waals surface area contributed by atoms with E-state index in [1.807, 2.05) is 24.3 Å². The standard InChI is InChI=1S/C15H21BrN2O2/c16-12-4-6-14(7-5-12)20-9-8-18-15(19)11-2-1-3-13(17)10-11/h4-7,11,13H,1-3,8-10,17H2,(H,18,19). The molecule has 2 unspecified atom stereocenters. The zero-order valence-corrected chi connectivity index (χ0v) is 13.1. The van der Waals surface area contributed by atoms with Crippen molar-refractivity contribution < 1.29 is 9.53 Å². The van der Waals surface area contributed by atoms with Crippen molar-refractivity contribution in [3.05, 3.63) is 28.7 Å². The van der Waals surface area contributed by atoms with E-state index in [1.165, 1.54) is 0 Å². The lowest BCUT2D eigenvalue weighted by Crippen LogP contribution is -2.39. The van der Waals surface area contributed by atoms with Gasteiger partial charge >= 0.3 is 0 Å². The highest BCUT2D eigenvalue weighted by molar-refractivity contribution is 9.10. The topological polar surface area (TPSA) is 64.4 Å². The van der Waals surface area contributed by atoms with Crippen LogP contribution >= 0.6 is 15.9 Å². The van der Waals surface area contributed by atoms with E-state index in [0.29, 0.717) is 13.2 Å². The van der Waals surface area contributed by atoms with Gasteiger partial charge in [0, 0.05) is 16.4 Å². The lowest BCUT2D eigenvalue weighted by molar-refractivity contribution is -0.126. The molecule has 0 bridgehead atoms. The van der Waals surface area contributed by atoms with Crippen LogP contribution in [0.3, 0.4) is 0 Å². The molecular formula is C15H21BrN2O2. The van der Waals surface area contributed by atoms with E-state index in [9.17, 15) is 4.79 Å². The van der Waals surface area contributed by atoms with Crippen molar-refractivity contribution in [1.82, 2.24) is 5.32 Å². The largest absolute Gasteiger partial charge is 0.492 e. The molecule has 110 valence electrons. The van der Waals surface area contributed by atoms with Crippen LogP contribution < -0.4 is 15.8 Å². The number of benzene rings is 1. The van der Waals surface area contributed by atoms with Gasteiger partial charge in [-0.3, -0.25) is 4.79 Å². The second kappa shape index (κ2) is 7.64. The molecule has 1 aliphatic carbocycles. The van der Waals surface area contributed by atoms with Crippen molar-refractivity contribution in [2.45, 2.75) is 31.7 Å². The summed E-state index contributed by atoms with van der Waals surface area (Å²) in [5, 5.41) is 2.93. The summed E-state index contributed by atoms with van der Waals surface area (Å²) in [6.07, 6.45) is 3.84. The van der Waals surface area contributed by atoms with Crippen LogP contribution in [0.4, 0.5) is 0 Å². The minimum absolute atomic E-state index is 0.0754. The maximum absolute atomic E-state index is 12.0. The van der Waals surface area contributed by atoms with Crippen LogP contribution in [-0.4, -0.2) is 25.1 Å². The van der Waals surface area contributed by atoms with Crippen molar-refractivity contribution in [3.63, 3.8) is 0 Å². The third-order valence-corrected chi connectivity index (χ3v) is 4.10. The Kier molecular flexibility index (Phi) is 5.86. The van der Waals surface area contributed by atoms with Crippen molar-refractivity contribution >= 4 is 21.8 Å². The molecule has 2 atom stereocenters. The molecule has 1 aromatic carbocycles. The molecule has 0 saturated heterocycles. The first-order chi connectivity index (χ1) is 9.65. The van der Waals surface area contributed by atoms with E-state index in [2.05, 4.69) is 21.2 Å². The fraction of sp³-hybridized carbons (Fsp3) is 0.533. The van der Waals surface area contributed by atoms with Crippen LogP contribution in [0, 0.1) is 5.92 Å². The first kappa shape index (κ1) is 15.3. The molecule has 20 heavy (non-hydrogen) atoms. The first-order valence-electron chi connectivity index (χ1n) is 7.07. The van der Waals surface area contributed by atoms with Gasteiger partial charge in [-0.1, -0.05) is 22.4 Å². The van der Waals surface area contributed by atoms with Gasteiger partial charge in [0.2, 0.25) is 5.91 Å². The predicted octanol–water partition coefficient (Wildman–Crippen LogP) is 2.46. The van der Waals surface area contributed by atoms with Crippen molar-refractivity contribution in [2.24, 2.45) is 11.7 Å². The molecule has 1 aromatic rings. The Balaban J connectivity index is 1.65. The van der Waals surface area contributed by atoms with Crippen molar-refractivity contribution in [3.8, 4) is 5.75 Å². The normalized spacial score (nSPS) is 22.3. The molecule has 1 saturated carbocycles. The Hall–Kier alpha value is -1.07. The van der Waals surface area contributed by atoms with Gasteiger partial charge in [-0.2, -0.15) is 0 Å². The molecule has 0 aliphatic heterocycles. The maximum atomic E-state index is 12.0. The van der Waals surface area contributed by atoms with Gasteiger partial charge in [-0.25, -0.2) is 0 Å². The summed E-state index contributed by atoms with van der Waals surface area (Å²) >= 11 is 3.37. The number of carbonyl (C=O) groups excluding carboxylic acids is 1. The number of nitrogens with two attached hydrogens (primary N) is 1. The second-order valence-electron chi connectivity index (χ2n) is 5.22. The van der Waals surface area contributed by atoms with Gasteiger partial charge in [0.05, 0.1) is 6.54 Å². The van der Waals surface area contributed by atoms with Crippen LogP contribution in [0.1, 0.15) is 25.7 Å². The summed E-state index contributed by atoms with van der Waals surface area (Å²) in [5.74, 6) is 0.994. The zero-order chi connectivity index (χ0) is 14.4. The van der Waals surface area contributed by atoms with E-state index < -0.39 is 0 Å². The van der Waals surface area contributed by atoms with Crippen LogP contribution in [0.25, 0.3) is 0 Å². The van der Waals surface area contributed by atoms with Gasteiger partial charge in [0.1, 0.15) is 12.4 Å². The predicted molar refractivity (Wildman–Crippen MR) is 82.6 cm³/mol. The molecule has 2 rings (SSSR count). The lowest BCUT2D eigenvalue weighted by atomic mass is 9.85. The van der Waals surface area contributed by atoms with Gasteiger partial charge in [-0.15, -0.1) is 0 Å². The first-order valence-corrected chi connectivity index (χ1v) is 7.86. The number of carbonyl (C=O) groups is 1. The number of hydrogen-bond acceptors (Lipinski definition) is 3. The number of halogens is 1. The van der Waals surface area contributed by atoms with Gasteiger partial charge in [0.25, 0.3) is 0 Å². The maximum Gasteiger partial charge on any atom is 0.223 e. The minimum atomic E-state index is 0.0754. The Morgan fingerprint density at radius 1 is 1.35 bits per heavy atom. The molecule has 0 heterocycles. The molecule has 1 fully saturated rings. The molecule has 0 spiro atoms. The Morgan fingerprint density at radius 2 is 2.10 bits per heavy atom. The Morgan fingerprint density at radius 3 is 2.80 bits per heavy atom. The molecule has 3 N–H and O–H groups in total. The van der Waals surface area contributed by atoms with Gasteiger partial charge in [0.15, 0.2) is 0 Å². The summed E-state index contributed by atoms with van der Waals surface area (Å²) in [4.78, 5) is 12.0. The van der Waals surface area contributed by atoms with Crippen LogP contribution in [-0.2, 0) is 4.79 Å². The summed E-state index contributed by atoms with van der Waals surface area (Å²) in [5.41, 5.74) is 5.90. The smallest absolute Gasteiger partial charge is 0.223 e. The lowest BCUT2D eigenvalue weighted by Gasteiger charge is -2.25. The van der Waals surface area contributed by atoms with E-state index in [-0.39, 0.29) is 17.9 Å². The number of ether oxygens (including phenoxy) is 1. The zero-order valence-electron chi connectivity index (χ0n) is 11.5. The molecule has 0 radical (unpaired) electrons.